The van der Waals surface area contributed by atoms with Crippen molar-refractivity contribution < 1.29 is 22.8 Å². The molecule has 2 bridgehead atoms. The van der Waals surface area contributed by atoms with Crippen LogP contribution in [0.3, 0.4) is 0 Å². The van der Waals surface area contributed by atoms with Crippen LogP contribution >= 0.6 is 0 Å². The molecule has 1 amide bonds. The van der Waals surface area contributed by atoms with E-state index in [1.165, 1.54) is 6.07 Å². The summed E-state index contributed by atoms with van der Waals surface area (Å²) in [5.74, 6) is -0.338. The normalized spacial score (nSPS) is 23.7. The average molecular weight is 354 g/mol. The van der Waals surface area contributed by atoms with E-state index in [0.717, 1.165) is 32.5 Å². The average Bonchev–Trinajstić information content (AvgIpc) is 2.73. The Hall–Kier alpha value is -2.29. The number of fused-ring (bicyclic) bond motifs is 5. The number of halogens is 3. The lowest BCUT2D eigenvalue weighted by Crippen LogP contribution is -2.42. The number of hydrogen-bond donors (Lipinski definition) is 0. The molecule has 2 aromatic rings. The molecule has 3 aliphatic rings. The zero-order valence-corrected chi connectivity index (χ0v) is 13.4. The summed E-state index contributed by atoms with van der Waals surface area (Å²) in [7, 11) is 0. The number of hydrogen-bond acceptors (Lipinski definition) is 4. The molecule has 0 aliphatic carbocycles. The van der Waals surface area contributed by atoms with Gasteiger partial charge in [0.05, 0.1) is 0 Å². The van der Waals surface area contributed by atoms with Gasteiger partial charge in [0.2, 0.25) is 0 Å². The number of piperidine rings is 1. The molecule has 0 atom stereocenters. The largest absolute Gasteiger partial charge is 0.593 e. The zero-order valence-electron chi connectivity index (χ0n) is 13.4. The van der Waals surface area contributed by atoms with E-state index in [2.05, 4.69) is 14.8 Å². The van der Waals surface area contributed by atoms with E-state index < -0.39 is 6.36 Å². The van der Waals surface area contributed by atoms with Gasteiger partial charge in [0.25, 0.3) is 5.91 Å². The number of amides is 1. The second-order valence-corrected chi connectivity index (χ2v) is 6.35. The molecule has 134 valence electrons. The van der Waals surface area contributed by atoms with Gasteiger partial charge in [-0.3, -0.25) is 9.63 Å². The molecule has 0 saturated carbocycles. The van der Waals surface area contributed by atoms with Crippen molar-refractivity contribution in [1.82, 2.24) is 19.7 Å². The summed E-state index contributed by atoms with van der Waals surface area (Å²) in [6.45, 7) is 3.23. The van der Waals surface area contributed by atoms with Crippen LogP contribution in [0.2, 0.25) is 0 Å². The van der Waals surface area contributed by atoms with Crippen LogP contribution in [0.4, 0.5) is 13.2 Å². The molecule has 6 nitrogen and oxygen atoms in total. The molecule has 0 radical (unpaired) electrons. The lowest BCUT2D eigenvalue weighted by molar-refractivity contribution is -0.326. The third kappa shape index (κ3) is 3.04. The lowest BCUT2D eigenvalue weighted by atomic mass is 10.0. The highest BCUT2D eigenvalue weighted by atomic mass is 19.4. The monoisotopic (exact) mass is 354 g/mol. The Balaban J connectivity index is 1.72. The number of carbonyl (C=O) groups is 1. The van der Waals surface area contributed by atoms with Crippen LogP contribution in [0.1, 0.15) is 23.3 Å². The Kier molecular flexibility index (Phi) is 3.82. The molecular weight excluding hydrogens is 337 g/mol. The maximum absolute atomic E-state index is 13.0. The maximum Gasteiger partial charge on any atom is 0.593 e. The minimum absolute atomic E-state index is 0.000185. The van der Waals surface area contributed by atoms with Crippen LogP contribution in [-0.2, 0) is 0 Å². The summed E-state index contributed by atoms with van der Waals surface area (Å²) in [6.07, 6.45) is -3.13. The van der Waals surface area contributed by atoms with E-state index in [9.17, 15) is 18.0 Å². The predicted octanol–water partition coefficient (Wildman–Crippen LogP) is 1.90. The molecule has 4 heterocycles. The number of alkyl halides is 3. The van der Waals surface area contributed by atoms with Crippen molar-refractivity contribution in [3.8, 4) is 0 Å². The minimum atomic E-state index is -4.89. The van der Waals surface area contributed by atoms with Crippen LogP contribution in [-0.4, -0.2) is 64.2 Å². The van der Waals surface area contributed by atoms with Crippen LogP contribution in [0.25, 0.3) is 10.9 Å². The fourth-order valence-corrected chi connectivity index (χ4v) is 3.65. The first-order valence-corrected chi connectivity index (χ1v) is 8.20. The number of aromatic nitrogens is 2. The summed E-state index contributed by atoms with van der Waals surface area (Å²) in [5.41, 5.74) is 0.117. The van der Waals surface area contributed by atoms with E-state index in [4.69, 9.17) is 0 Å². The number of nitrogens with zero attached hydrogens (tertiary/aromatic N) is 4. The molecule has 1 aromatic heterocycles. The van der Waals surface area contributed by atoms with Gasteiger partial charge in [0.15, 0.2) is 5.69 Å². The quantitative estimate of drug-likeness (QED) is 0.827. The number of benzene rings is 1. The summed E-state index contributed by atoms with van der Waals surface area (Å²) < 4.78 is 37.9. The second-order valence-electron chi connectivity index (χ2n) is 6.35. The molecule has 0 spiro atoms. The van der Waals surface area contributed by atoms with Gasteiger partial charge in [-0.05, 0) is 18.9 Å². The first-order valence-electron chi connectivity index (χ1n) is 8.20. The molecule has 3 fully saturated rings. The van der Waals surface area contributed by atoms with E-state index >= 15 is 0 Å². The molecule has 0 N–H and O–H groups in total. The fraction of sp³-hybridized carbons (Fsp3) is 0.500. The van der Waals surface area contributed by atoms with Crippen molar-refractivity contribution in [2.75, 3.05) is 26.2 Å². The Bertz CT molecular complexity index is 796. The molecule has 5 rings (SSSR count). The predicted molar refractivity (Wildman–Crippen MR) is 82.9 cm³/mol. The molecular formula is C16H17F3N4O2. The van der Waals surface area contributed by atoms with Crippen LogP contribution in [0.5, 0.6) is 0 Å². The molecule has 1 aromatic carbocycles. The maximum atomic E-state index is 13.0. The second kappa shape index (κ2) is 5.91. The van der Waals surface area contributed by atoms with E-state index in [1.807, 2.05) is 0 Å². The topological polar surface area (TPSA) is 50.6 Å². The minimum Gasteiger partial charge on any atom is -0.333 e. The highest BCUT2D eigenvalue weighted by Gasteiger charge is 2.36. The van der Waals surface area contributed by atoms with Gasteiger partial charge >= 0.3 is 6.36 Å². The van der Waals surface area contributed by atoms with Crippen molar-refractivity contribution in [2.24, 2.45) is 0 Å². The fourth-order valence-electron chi connectivity index (χ4n) is 3.65. The Labute approximate surface area is 141 Å². The van der Waals surface area contributed by atoms with E-state index in [-0.39, 0.29) is 23.2 Å². The molecule has 0 unspecified atom stereocenters. The van der Waals surface area contributed by atoms with Gasteiger partial charge in [-0.2, -0.15) is 0 Å². The van der Waals surface area contributed by atoms with Gasteiger partial charge < -0.3 is 9.80 Å². The summed E-state index contributed by atoms with van der Waals surface area (Å²) >= 11 is 0. The van der Waals surface area contributed by atoms with Gasteiger partial charge in [-0.15, -0.1) is 18.3 Å². The van der Waals surface area contributed by atoms with Crippen molar-refractivity contribution in [3.63, 3.8) is 0 Å². The van der Waals surface area contributed by atoms with Crippen LogP contribution < -0.4 is 4.84 Å². The van der Waals surface area contributed by atoms with Crippen molar-refractivity contribution in [3.05, 3.63) is 30.0 Å². The number of rotatable bonds is 2. The van der Waals surface area contributed by atoms with Crippen molar-refractivity contribution >= 4 is 16.8 Å². The van der Waals surface area contributed by atoms with Gasteiger partial charge in [0, 0.05) is 37.6 Å². The van der Waals surface area contributed by atoms with Crippen molar-refractivity contribution in [1.29, 1.82) is 0 Å². The van der Waals surface area contributed by atoms with Gasteiger partial charge in [-0.1, -0.05) is 23.0 Å². The Morgan fingerprint density at radius 1 is 1.12 bits per heavy atom. The van der Waals surface area contributed by atoms with Gasteiger partial charge in [0.1, 0.15) is 5.52 Å². The van der Waals surface area contributed by atoms with Crippen molar-refractivity contribution in [2.45, 2.75) is 25.2 Å². The number of para-hydroxylation sites is 1. The standard InChI is InChI=1S/C16H17F3N4O2/c17-16(18,19)25-23-13-4-2-1-3-12(13)14(20-23)15(24)22-10-9-21-7-5-11(22)6-8-21/h1-4,11H,5-10H2. The first-order chi connectivity index (χ1) is 11.9. The summed E-state index contributed by atoms with van der Waals surface area (Å²) in [6, 6.07) is 6.39. The summed E-state index contributed by atoms with van der Waals surface area (Å²) in [4.78, 5) is 21.4. The third-order valence-corrected chi connectivity index (χ3v) is 4.86. The molecule has 3 aliphatic heterocycles. The third-order valence-electron chi connectivity index (χ3n) is 4.86. The van der Waals surface area contributed by atoms with Crippen LogP contribution in [0.15, 0.2) is 24.3 Å². The number of carbonyl (C=O) groups excluding carboxylic acids is 1. The molecule has 3 saturated heterocycles. The first kappa shape index (κ1) is 16.2. The highest BCUT2D eigenvalue weighted by molar-refractivity contribution is 6.04. The van der Waals surface area contributed by atoms with Gasteiger partial charge in [-0.25, -0.2) is 0 Å². The SMILES string of the molecule is O=C(c1nn(OC(F)(F)F)c2ccccc12)N1CCN2CCC1CC2. The van der Waals surface area contributed by atoms with E-state index in [0.29, 0.717) is 16.8 Å². The molecule has 25 heavy (non-hydrogen) atoms. The molecule has 9 heteroatoms. The smallest absolute Gasteiger partial charge is 0.333 e. The Morgan fingerprint density at radius 3 is 2.56 bits per heavy atom. The Morgan fingerprint density at radius 2 is 1.84 bits per heavy atom. The van der Waals surface area contributed by atoms with E-state index in [1.54, 1.807) is 23.1 Å². The highest BCUT2D eigenvalue weighted by Crippen LogP contribution is 2.26. The summed E-state index contributed by atoms with van der Waals surface area (Å²) in [5, 5.41) is 4.19. The zero-order chi connectivity index (χ0) is 17.6. The lowest BCUT2D eigenvalue weighted by Gasteiger charge is -2.31. The van der Waals surface area contributed by atoms with Crippen LogP contribution in [0, 0.1) is 0 Å².